The average molecular weight is 410 g/mol. The monoisotopic (exact) mass is 409 g/mol. The maximum Gasteiger partial charge on any atom is 0.152 e. The number of piperidine rings is 1. The van der Waals surface area contributed by atoms with Crippen molar-refractivity contribution in [2.75, 3.05) is 29.9 Å². The van der Waals surface area contributed by atoms with E-state index in [0.717, 1.165) is 54.3 Å². The molecule has 3 aromatic rings. The van der Waals surface area contributed by atoms with E-state index < -0.39 is 0 Å². The van der Waals surface area contributed by atoms with Crippen molar-refractivity contribution in [1.82, 2.24) is 24.7 Å². The first kappa shape index (κ1) is 20.4. The van der Waals surface area contributed by atoms with Gasteiger partial charge in [0.2, 0.25) is 0 Å². The molecular weight excluding hydrogens is 378 g/mol. The van der Waals surface area contributed by atoms with Gasteiger partial charge in [0.15, 0.2) is 5.78 Å². The zero-order chi connectivity index (χ0) is 21.3. The molecule has 2 N–H and O–H groups in total. The van der Waals surface area contributed by atoms with Crippen molar-refractivity contribution in [1.29, 1.82) is 0 Å². The van der Waals surface area contributed by atoms with E-state index in [1.807, 2.05) is 30.1 Å². The van der Waals surface area contributed by atoms with Gasteiger partial charge in [-0.1, -0.05) is 20.8 Å². The van der Waals surface area contributed by atoms with Gasteiger partial charge in [-0.05, 0) is 24.8 Å². The Bertz CT molecular complexity index is 1030. The minimum Gasteiger partial charge on any atom is -0.363 e. The summed E-state index contributed by atoms with van der Waals surface area (Å²) in [5, 5.41) is 8.87. The standard InChI is InChI=1S/C22H31N7O/c1-22(2,3)18-11-19(28(4)27-18)24-12-16(30)10-15-6-5-9-29(13-15)21-17-7-8-23-20(17)25-14-26-21/h7-8,11,14-15,24H,5-6,9-10,12-13H2,1-4H3,(H,23,25,26). The van der Waals surface area contributed by atoms with E-state index in [4.69, 9.17) is 0 Å². The van der Waals surface area contributed by atoms with Gasteiger partial charge in [-0.3, -0.25) is 9.48 Å². The van der Waals surface area contributed by atoms with Crippen molar-refractivity contribution < 1.29 is 4.79 Å². The normalized spacial score (nSPS) is 17.5. The molecular formula is C22H31N7O. The molecule has 0 aliphatic carbocycles. The van der Waals surface area contributed by atoms with Crippen molar-refractivity contribution >= 4 is 28.5 Å². The lowest BCUT2D eigenvalue weighted by Crippen LogP contribution is -2.37. The van der Waals surface area contributed by atoms with Gasteiger partial charge in [0.25, 0.3) is 0 Å². The summed E-state index contributed by atoms with van der Waals surface area (Å²) in [6.07, 6.45) is 6.21. The van der Waals surface area contributed by atoms with Gasteiger partial charge in [0.1, 0.15) is 23.6 Å². The fourth-order valence-electron chi connectivity index (χ4n) is 4.12. The van der Waals surface area contributed by atoms with Crippen molar-refractivity contribution in [2.24, 2.45) is 13.0 Å². The van der Waals surface area contributed by atoms with E-state index in [2.05, 4.69) is 51.0 Å². The minimum absolute atomic E-state index is 0.0147. The smallest absolute Gasteiger partial charge is 0.152 e. The maximum atomic E-state index is 12.7. The van der Waals surface area contributed by atoms with Crippen molar-refractivity contribution in [2.45, 2.75) is 45.4 Å². The Labute approximate surface area is 177 Å². The first-order valence-electron chi connectivity index (χ1n) is 10.6. The zero-order valence-corrected chi connectivity index (χ0v) is 18.3. The molecule has 1 atom stereocenters. The first-order valence-corrected chi connectivity index (χ1v) is 10.6. The molecule has 1 fully saturated rings. The fraction of sp³-hybridized carbons (Fsp3) is 0.545. The van der Waals surface area contributed by atoms with E-state index in [-0.39, 0.29) is 11.2 Å². The number of aromatic amines is 1. The molecule has 0 bridgehead atoms. The van der Waals surface area contributed by atoms with Crippen LogP contribution in [0.3, 0.4) is 0 Å². The number of carbonyl (C=O) groups excluding carboxylic acids is 1. The molecule has 1 aliphatic rings. The summed E-state index contributed by atoms with van der Waals surface area (Å²) in [7, 11) is 1.91. The molecule has 0 saturated carbocycles. The number of hydrogen-bond acceptors (Lipinski definition) is 6. The summed E-state index contributed by atoms with van der Waals surface area (Å²) in [6, 6.07) is 4.05. The number of anilines is 2. The van der Waals surface area contributed by atoms with Crippen LogP contribution in [0.1, 0.15) is 45.7 Å². The Morgan fingerprint density at radius 1 is 1.33 bits per heavy atom. The number of aromatic nitrogens is 5. The van der Waals surface area contributed by atoms with E-state index in [1.165, 1.54) is 0 Å². The molecule has 0 aromatic carbocycles. The summed E-state index contributed by atoms with van der Waals surface area (Å²) in [5.41, 5.74) is 1.86. The van der Waals surface area contributed by atoms with Crippen LogP contribution in [0.5, 0.6) is 0 Å². The summed E-state index contributed by atoms with van der Waals surface area (Å²) in [5.74, 6) is 2.42. The predicted molar refractivity (Wildman–Crippen MR) is 119 cm³/mol. The maximum absolute atomic E-state index is 12.7. The third-order valence-electron chi connectivity index (χ3n) is 5.78. The topological polar surface area (TPSA) is 91.7 Å². The summed E-state index contributed by atoms with van der Waals surface area (Å²) >= 11 is 0. The number of ketones is 1. The van der Waals surface area contributed by atoms with Gasteiger partial charge in [0.05, 0.1) is 17.6 Å². The molecule has 0 radical (unpaired) electrons. The zero-order valence-electron chi connectivity index (χ0n) is 18.3. The quantitative estimate of drug-likeness (QED) is 0.649. The second-order valence-corrected chi connectivity index (χ2v) is 9.28. The highest BCUT2D eigenvalue weighted by molar-refractivity contribution is 5.87. The largest absolute Gasteiger partial charge is 0.363 e. The number of Topliss-reactive ketones (excluding diaryl/α,β-unsaturated/α-hetero) is 1. The summed E-state index contributed by atoms with van der Waals surface area (Å²) in [4.78, 5) is 26.9. The SMILES string of the molecule is Cn1nc(C(C)(C)C)cc1NCC(=O)CC1CCCN(c2ncnc3[nH]ccc23)C1. The third kappa shape index (κ3) is 4.32. The van der Waals surface area contributed by atoms with Crippen LogP contribution in [0.25, 0.3) is 11.0 Å². The van der Waals surface area contributed by atoms with Crippen LogP contribution in [0.4, 0.5) is 11.6 Å². The van der Waals surface area contributed by atoms with Crippen LogP contribution in [0, 0.1) is 5.92 Å². The van der Waals surface area contributed by atoms with Gasteiger partial charge in [-0.2, -0.15) is 5.10 Å². The Kier molecular flexibility index (Phi) is 5.49. The summed E-state index contributed by atoms with van der Waals surface area (Å²) < 4.78 is 1.81. The molecule has 0 amide bonds. The number of hydrogen-bond donors (Lipinski definition) is 2. The molecule has 1 aliphatic heterocycles. The molecule has 160 valence electrons. The van der Waals surface area contributed by atoms with Gasteiger partial charge in [-0.25, -0.2) is 9.97 Å². The Balaban J connectivity index is 1.35. The van der Waals surface area contributed by atoms with Crippen molar-refractivity contribution in [3.63, 3.8) is 0 Å². The summed E-state index contributed by atoms with van der Waals surface area (Å²) in [6.45, 7) is 8.55. The average Bonchev–Trinajstić information content (AvgIpc) is 3.32. The molecule has 4 rings (SSSR count). The molecule has 8 nitrogen and oxygen atoms in total. The van der Waals surface area contributed by atoms with Crippen LogP contribution >= 0.6 is 0 Å². The van der Waals surface area contributed by atoms with Crippen molar-refractivity contribution in [3.8, 4) is 0 Å². The second-order valence-electron chi connectivity index (χ2n) is 9.28. The third-order valence-corrected chi connectivity index (χ3v) is 5.78. The molecule has 4 heterocycles. The van der Waals surface area contributed by atoms with E-state index in [1.54, 1.807) is 6.33 Å². The van der Waals surface area contributed by atoms with Crippen LogP contribution in [0.2, 0.25) is 0 Å². The van der Waals surface area contributed by atoms with Crippen molar-refractivity contribution in [3.05, 3.63) is 30.4 Å². The minimum atomic E-state index is -0.0147. The first-order chi connectivity index (χ1) is 14.3. The number of carbonyl (C=O) groups is 1. The lowest BCUT2D eigenvalue weighted by Gasteiger charge is -2.33. The molecule has 3 aromatic heterocycles. The fourth-order valence-corrected chi connectivity index (χ4v) is 4.12. The number of rotatable bonds is 6. The number of nitrogens with one attached hydrogen (secondary N) is 2. The van der Waals surface area contributed by atoms with Gasteiger partial charge >= 0.3 is 0 Å². The lowest BCUT2D eigenvalue weighted by atomic mass is 9.92. The van der Waals surface area contributed by atoms with Gasteiger partial charge in [0, 0.05) is 44.2 Å². The Hall–Kier alpha value is -2.90. The van der Waals surface area contributed by atoms with Crippen LogP contribution in [0.15, 0.2) is 24.7 Å². The second kappa shape index (κ2) is 8.08. The predicted octanol–water partition coefficient (Wildman–Crippen LogP) is 3.28. The Morgan fingerprint density at radius 2 is 2.17 bits per heavy atom. The number of H-pyrrole nitrogens is 1. The van der Waals surface area contributed by atoms with Gasteiger partial charge < -0.3 is 15.2 Å². The molecule has 1 unspecified atom stereocenters. The molecule has 8 heteroatoms. The van der Waals surface area contributed by atoms with E-state index >= 15 is 0 Å². The highest BCUT2D eigenvalue weighted by atomic mass is 16.1. The van der Waals surface area contributed by atoms with E-state index in [0.29, 0.717) is 18.9 Å². The number of fused-ring (bicyclic) bond motifs is 1. The van der Waals surface area contributed by atoms with Gasteiger partial charge in [-0.15, -0.1) is 0 Å². The Morgan fingerprint density at radius 3 is 2.93 bits per heavy atom. The highest BCUT2D eigenvalue weighted by Crippen LogP contribution is 2.28. The highest BCUT2D eigenvalue weighted by Gasteiger charge is 2.25. The lowest BCUT2D eigenvalue weighted by molar-refractivity contribution is -0.118. The number of nitrogens with zero attached hydrogens (tertiary/aromatic N) is 5. The number of aryl methyl sites for hydroxylation is 1. The van der Waals surface area contributed by atoms with E-state index in [9.17, 15) is 4.79 Å². The van der Waals surface area contributed by atoms with Crippen LogP contribution in [-0.4, -0.2) is 50.1 Å². The molecule has 0 spiro atoms. The molecule has 30 heavy (non-hydrogen) atoms. The van der Waals surface area contributed by atoms with Crippen LogP contribution < -0.4 is 10.2 Å². The van der Waals surface area contributed by atoms with Crippen LogP contribution in [-0.2, 0) is 17.3 Å². The molecule has 1 saturated heterocycles.